The fourth-order valence-electron chi connectivity index (χ4n) is 2.34. The average molecular weight is 412 g/mol. The lowest BCUT2D eigenvalue weighted by Gasteiger charge is -2.18. The minimum atomic E-state index is -1.32. The molecule has 1 amide bonds. The Hall–Kier alpha value is -2.62. The van der Waals surface area contributed by atoms with Gasteiger partial charge in [-0.1, -0.05) is 6.07 Å². The summed E-state index contributed by atoms with van der Waals surface area (Å²) in [5, 5.41) is 11.8. The third kappa shape index (κ3) is 6.74. The standard InChI is InChI=1S/C20H23F3N2O4/c1-12-5-8-16(15(22)11-12)24-18-13(6-7-14(21)17(18)23)19(26)25-29-10-4-9-28-20(2,3)27/h5-8,11,24,27H,4,9-10H2,1-3H3,(H,25,26). The Morgan fingerprint density at radius 2 is 1.83 bits per heavy atom. The molecule has 0 aromatic heterocycles. The quantitative estimate of drug-likeness (QED) is 0.330. The highest BCUT2D eigenvalue weighted by atomic mass is 19.2. The summed E-state index contributed by atoms with van der Waals surface area (Å²) in [6.07, 6.45) is 0.363. The molecule has 0 bridgehead atoms. The van der Waals surface area contributed by atoms with Gasteiger partial charge >= 0.3 is 0 Å². The molecule has 0 spiro atoms. The van der Waals surface area contributed by atoms with Crippen molar-refractivity contribution in [3.05, 3.63) is 58.9 Å². The second kappa shape index (κ2) is 9.73. The topological polar surface area (TPSA) is 79.8 Å². The molecular formula is C20H23F3N2O4. The van der Waals surface area contributed by atoms with Crippen LogP contribution >= 0.6 is 0 Å². The zero-order valence-corrected chi connectivity index (χ0v) is 16.3. The Kier molecular flexibility index (Phi) is 7.60. The summed E-state index contributed by atoms with van der Waals surface area (Å²) >= 11 is 0. The van der Waals surface area contributed by atoms with E-state index in [-0.39, 0.29) is 24.5 Å². The maximum atomic E-state index is 14.3. The van der Waals surface area contributed by atoms with Crippen LogP contribution in [0.4, 0.5) is 24.5 Å². The Balaban J connectivity index is 2.06. The van der Waals surface area contributed by atoms with Gasteiger partial charge in [0, 0.05) is 0 Å². The van der Waals surface area contributed by atoms with E-state index in [1.54, 1.807) is 13.0 Å². The highest BCUT2D eigenvalue weighted by Crippen LogP contribution is 2.28. The van der Waals surface area contributed by atoms with Gasteiger partial charge in [-0.3, -0.25) is 9.63 Å². The Bertz CT molecular complexity index is 870. The molecule has 0 aliphatic rings. The number of amides is 1. The third-order valence-corrected chi connectivity index (χ3v) is 3.73. The number of hydrogen-bond donors (Lipinski definition) is 3. The van der Waals surface area contributed by atoms with Crippen LogP contribution in [-0.4, -0.2) is 30.0 Å². The first kappa shape index (κ1) is 22.7. The normalized spacial score (nSPS) is 11.4. The molecule has 2 rings (SSSR count). The fourth-order valence-corrected chi connectivity index (χ4v) is 2.34. The molecule has 6 nitrogen and oxygen atoms in total. The summed E-state index contributed by atoms with van der Waals surface area (Å²) in [4.78, 5) is 17.3. The van der Waals surface area contributed by atoms with Crippen LogP contribution in [0.1, 0.15) is 36.2 Å². The number of carbonyl (C=O) groups is 1. The highest BCUT2D eigenvalue weighted by molar-refractivity contribution is 5.99. The second-order valence-corrected chi connectivity index (χ2v) is 6.82. The third-order valence-electron chi connectivity index (χ3n) is 3.73. The predicted octanol–water partition coefficient (Wildman–Crippen LogP) is 3.95. The lowest BCUT2D eigenvalue weighted by molar-refractivity contribution is -0.178. The second-order valence-electron chi connectivity index (χ2n) is 6.82. The number of anilines is 2. The van der Waals surface area contributed by atoms with E-state index in [0.717, 1.165) is 12.1 Å². The van der Waals surface area contributed by atoms with Crippen LogP contribution in [0.2, 0.25) is 0 Å². The molecule has 29 heavy (non-hydrogen) atoms. The van der Waals surface area contributed by atoms with Crippen molar-refractivity contribution in [1.82, 2.24) is 5.48 Å². The molecule has 0 radical (unpaired) electrons. The molecule has 2 aromatic carbocycles. The monoisotopic (exact) mass is 412 g/mol. The van der Waals surface area contributed by atoms with Crippen LogP contribution in [-0.2, 0) is 9.57 Å². The molecule has 0 unspecified atom stereocenters. The molecule has 2 aromatic rings. The molecule has 9 heteroatoms. The molecule has 0 saturated carbocycles. The molecule has 158 valence electrons. The lowest BCUT2D eigenvalue weighted by atomic mass is 10.1. The highest BCUT2D eigenvalue weighted by Gasteiger charge is 2.20. The van der Waals surface area contributed by atoms with E-state index in [4.69, 9.17) is 9.57 Å². The number of hydroxylamine groups is 1. The first-order chi connectivity index (χ1) is 13.6. The molecule has 0 aliphatic heterocycles. The Morgan fingerprint density at radius 3 is 2.48 bits per heavy atom. The van der Waals surface area contributed by atoms with Crippen LogP contribution in [0.25, 0.3) is 0 Å². The molecule has 0 aliphatic carbocycles. The van der Waals surface area contributed by atoms with Gasteiger partial charge in [0.25, 0.3) is 5.91 Å². The van der Waals surface area contributed by atoms with Crippen LogP contribution in [0.15, 0.2) is 30.3 Å². The van der Waals surface area contributed by atoms with Crippen molar-refractivity contribution < 1.29 is 32.6 Å². The summed E-state index contributed by atoms with van der Waals surface area (Å²) < 4.78 is 47.1. The van der Waals surface area contributed by atoms with E-state index in [2.05, 4.69) is 10.8 Å². The smallest absolute Gasteiger partial charge is 0.277 e. The first-order valence-corrected chi connectivity index (χ1v) is 8.88. The minimum Gasteiger partial charge on any atom is -0.366 e. The summed E-state index contributed by atoms with van der Waals surface area (Å²) in [5.41, 5.74) is 1.87. The molecule has 3 N–H and O–H groups in total. The summed E-state index contributed by atoms with van der Waals surface area (Å²) in [6.45, 7) is 4.87. The van der Waals surface area contributed by atoms with Gasteiger partial charge in [-0.25, -0.2) is 18.7 Å². The molecular weight excluding hydrogens is 389 g/mol. The maximum Gasteiger partial charge on any atom is 0.277 e. The summed E-state index contributed by atoms with van der Waals surface area (Å²) in [5.74, 6) is -5.32. The van der Waals surface area contributed by atoms with Crippen LogP contribution < -0.4 is 10.8 Å². The van der Waals surface area contributed by atoms with Crippen molar-refractivity contribution >= 4 is 17.3 Å². The van der Waals surface area contributed by atoms with Crippen molar-refractivity contribution in [1.29, 1.82) is 0 Å². The zero-order valence-electron chi connectivity index (χ0n) is 16.3. The number of rotatable bonds is 9. The van der Waals surface area contributed by atoms with E-state index in [0.29, 0.717) is 12.0 Å². The molecule has 0 atom stereocenters. The zero-order chi connectivity index (χ0) is 21.6. The molecule has 0 heterocycles. The average Bonchev–Trinajstić information content (AvgIpc) is 2.63. The number of carbonyl (C=O) groups excluding carboxylic acids is 1. The number of aliphatic hydroxyl groups is 1. The van der Waals surface area contributed by atoms with E-state index in [1.165, 1.54) is 26.0 Å². The predicted molar refractivity (Wildman–Crippen MR) is 101 cm³/mol. The van der Waals surface area contributed by atoms with E-state index >= 15 is 0 Å². The van der Waals surface area contributed by atoms with Crippen LogP contribution in [0.5, 0.6) is 0 Å². The Morgan fingerprint density at radius 1 is 1.10 bits per heavy atom. The number of ether oxygens (including phenoxy) is 1. The van der Waals surface area contributed by atoms with Crippen molar-refractivity contribution in [2.75, 3.05) is 18.5 Å². The van der Waals surface area contributed by atoms with E-state index in [9.17, 15) is 23.1 Å². The van der Waals surface area contributed by atoms with Gasteiger partial charge in [-0.2, -0.15) is 0 Å². The van der Waals surface area contributed by atoms with Gasteiger partial charge in [0.1, 0.15) is 5.82 Å². The molecule has 0 fully saturated rings. The summed E-state index contributed by atoms with van der Waals surface area (Å²) in [7, 11) is 0. The van der Waals surface area contributed by atoms with Gasteiger partial charge in [-0.05, 0) is 57.0 Å². The number of benzene rings is 2. The van der Waals surface area contributed by atoms with E-state index in [1.807, 2.05) is 0 Å². The van der Waals surface area contributed by atoms with Gasteiger partial charge in [0.15, 0.2) is 17.4 Å². The van der Waals surface area contributed by atoms with E-state index < -0.39 is 34.8 Å². The van der Waals surface area contributed by atoms with Gasteiger partial charge in [-0.15, -0.1) is 0 Å². The Labute approximate surface area is 166 Å². The first-order valence-electron chi connectivity index (χ1n) is 8.88. The minimum absolute atomic E-state index is 0.0564. The van der Waals surface area contributed by atoms with Crippen molar-refractivity contribution in [2.45, 2.75) is 33.0 Å². The van der Waals surface area contributed by atoms with Gasteiger partial charge in [0.2, 0.25) is 0 Å². The number of aryl methyl sites for hydroxylation is 1. The van der Waals surface area contributed by atoms with Gasteiger partial charge < -0.3 is 15.2 Å². The molecule has 0 saturated heterocycles. The number of halogens is 3. The van der Waals surface area contributed by atoms with Crippen LogP contribution in [0, 0.1) is 24.4 Å². The van der Waals surface area contributed by atoms with Gasteiger partial charge in [0.05, 0.1) is 30.2 Å². The fraction of sp³-hybridized carbons (Fsp3) is 0.350. The van der Waals surface area contributed by atoms with Crippen molar-refractivity contribution in [2.24, 2.45) is 0 Å². The largest absolute Gasteiger partial charge is 0.366 e. The summed E-state index contributed by atoms with van der Waals surface area (Å²) in [6, 6.07) is 6.01. The van der Waals surface area contributed by atoms with Crippen molar-refractivity contribution in [3.8, 4) is 0 Å². The van der Waals surface area contributed by atoms with Crippen molar-refractivity contribution in [3.63, 3.8) is 0 Å². The SMILES string of the molecule is Cc1ccc(Nc2c(C(=O)NOCCCOC(C)(C)O)ccc(F)c2F)c(F)c1. The number of nitrogens with one attached hydrogen (secondary N) is 2. The number of hydrogen-bond acceptors (Lipinski definition) is 5. The lowest BCUT2D eigenvalue weighted by Crippen LogP contribution is -2.27. The maximum absolute atomic E-state index is 14.3. The van der Waals surface area contributed by atoms with Crippen LogP contribution in [0.3, 0.4) is 0 Å².